The molecule has 0 saturated carbocycles. The third-order valence-electron chi connectivity index (χ3n) is 2.36. The number of anilines is 2. The largest absolute Gasteiger partial charge is 0.396 e. The highest BCUT2D eigenvalue weighted by Gasteiger charge is 2.23. The Kier molecular flexibility index (Phi) is 4.69. The van der Waals surface area contributed by atoms with Gasteiger partial charge >= 0.3 is 0 Å². The molecule has 0 saturated heterocycles. The smallest absolute Gasteiger partial charge is 0.264 e. The van der Waals surface area contributed by atoms with Crippen molar-refractivity contribution in [2.75, 3.05) is 10.5 Å². The maximum Gasteiger partial charge on any atom is 0.264 e. The molecule has 0 aliphatic rings. The Balaban J connectivity index is 2.49. The molecular weight excluding hydrogens is 382 g/mol. The van der Waals surface area contributed by atoms with E-state index in [2.05, 4.69) is 14.7 Å². The molecule has 0 radical (unpaired) electrons. The fourth-order valence-corrected chi connectivity index (χ4v) is 3.48. The van der Waals surface area contributed by atoms with Crippen LogP contribution in [0, 0.1) is 0 Å². The summed E-state index contributed by atoms with van der Waals surface area (Å²) in [7, 11) is -4.08. The van der Waals surface area contributed by atoms with Gasteiger partial charge in [-0.05, 0) is 12.1 Å². The summed E-state index contributed by atoms with van der Waals surface area (Å²) in [5, 5.41) is -0.291. The van der Waals surface area contributed by atoms with E-state index >= 15 is 0 Å². The lowest BCUT2D eigenvalue weighted by molar-refractivity contribution is 0.601. The SMILES string of the molecule is Nc1c(Cl)ccc(S(=O)(=O)Nc2ncnc(Cl)c2Cl)c1Cl. The number of sulfonamides is 1. The number of nitrogen functional groups attached to an aromatic ring is 1. The number of hydrogen-bond acceptors (Lipinski definition) is 5. The molecule has 3 N–H and O–H groups in total. The first kappa shape index (κ1) is 16.4. The van der Waals surface area contributed by atoms with Crippen molar-refractivity contribution in [3.8, 4) is 0 Å². The summed E-state index contributed by atoms with van der Waals surface area (Å²) in [5.41, 5.74) is 5.55. The summed E-state index contributed by atoms with van der Waals surface area (Å²) in [5.74, 6) is -0.179. The molecule has 1 aromatic heterocycles. The zero-order valence-electron chi connectivity index (χ0n) is 9.94. The topological polar surface area (TPSA) is 98.0 Å². The van der Waals surface area contributed by atoms with Gasteiger partial charge in [0.15, 0.2) is 11.0 Å². The van der Waals surface area contributed by atoms with Gasteiger partial charge in [-0.3, -0.25) is 4.72 Å². The molecule has 112 valence electrons. The number of hydrogen-bond donors (Lipinski definition) is 2. The lowest BCUT2D eigenvalue weighted by Gasteiger charge is -2.11. The quantitative estimate of drug-likeness (QED) is 0.620. The highest BCUT2D eigenvalue weighted by molar-refractivity contribution is 7.92. The highest BCUT2D eigenvalue weighted by atomic mass is 35.5. The van der Waals surface area contributed by atoms with Gasteiger partial charge in [-0.25, -0.2) is 18.4 Å². The zero-order valence-corrected chi connectivity index (χ0v) is 13.8. The zero-order chi connectivity index (χ0) is 15.8. The van der Waals surface area contributed by atoms with Crippen LogP contribution in [0.15, 0.2) is 23.4 Å². The van der Waals surface area contributed by atoms with Crippen molar-refractivity contribution in [2.45, 2.75) is 4.90 Å². The molecule has 0 aliphatic heterocycles. The highest BCUT2D eigenvalue weighted by Crippen LogP contribution is 2.34. The van der Waals surface area contributed by atoms with Gasteiger partial charge in [-0.1, -0.05) is 46.4 Å². The third-order valence-corrected chi connectivity index (χ3v) is 5.33. The fraction of sp³-hybridized carbons (Fsp3) is 0. The standard InChI is InChI=1S/C10H6Cl4N4O2S/c11-4-1-2-5(6(12)8(4)15)21(19,20)18-10-7(13)9(14)16-3-17-10/h1-3H,15H2,(H,16,17,18). The van der Waals surface area contributed by atoms with Crippen molar-refractivity contribution in [1.82, 2.24) is 9.97 Å². The summed E-state index contributed by atoms with van der Waals surface area (Å²) < 4.78 is 26.7. The minimum absolute atomic E-state index is 0.0481. The molecule has 21 heavy (non-hydrogen) atoms. The van der Waals surface area contributed by atoms with E-state index in [-0.39, 0.29) is 36.6 Å². The van der Waals surface area contributed by atoms with Crippen LogP contribution in [0.3, 0.4) is 0 Å². The Bertz CT molecular complexity index is 813. The lowest BCUT2D eigenvalue weighted by Crippen LogP contribution is -2.15. The number of nitrogens with zero attached hydrogens (tertiary/aromatic N) is 2. The van der Waals surface area contributed by atoms with E-state index in [9.17, 15) is 8.42 Å². The number of benzene rings is 1. The molecule has 0 bridgehead atoms. The fourth-order valence-electron chi connectivity index (χ4n) is 1.36. The number of rotatable bonds is 3. The Hall–Kier alpha value is -0.990. The van der Waals surface area contributed by atoms with Crippen molar-refractivity contribution in [2.24, 2.45) is 0 Å². The summed E-state index contributed by atoms with van der Waals surface area (Å²) in [6.45, 7) is 0. The van der Waals surface area contributed by atoms with Crippen LogP contribution < -0.4 is 10.5 Å². The number of halogens is 4. The van der Waals surface area contributed by atoms with E-state index < -0.39 is 10.0 Å². The van der Waals surface area contributed by atoms with Gasteiger partial charge in [0, 0.05) is 0 Å². The van der Waals surface area contributed by atoms with Gasteiger partial charge in [0.1, 0.15) is 16.2 Å². The van der Waals surface area contributed by atoms with Crippen molar-refractivity contribution in [1.29, 1.82) is 0 Å². The second-order valence-corrected chi connectivity index (χ2v) is 6.88. The van der Waals surface area contributed by atoms with Crippen LogP contribution in [-0.2, 0) is 10.0 Å². The monoisotopic (exact) mass is 386 g/mol. The Morgan fingerprint density at radius 1 is 1.05 bits per heavy atom. The summed E-state index contributed by atoms with van der Waals surface area (Å²) in [6.07, 6.45) is 1.06. The van der Waals surface area contributed by atoms with Crippen molar-refractivity contribution >= 4 is 67.9 Å². The van der Waals surface area contributed by atoms with Gasteiger partial charge in [0.05, 0.1) is 15.7 Å². The minimum atomic E-state index is -4.08. The van der Waals surface area contributed by atoms with E-state index in [1.54, 1.807) is 0 Å². The first-order chi connectivity index (χ1) is 9.74. The summed E-state index contributed by atoms with van der Waals surface area (Å²) >= 11 is 23.2. The lowest BCUT2D eigenvalue weighted by atomic mass is 10.3. The van der Waals surface area contributed by atoms with Gasteiger partial charge < -0.3 is 5.73 Å². The third kappa shape index (κ3) is 3.27. The molecule has 0 aliphatic carbocycles. The van der Waals surface area contributed by atoms with E-state index in [1.165, 1.54) is 12.1 Å². The number of nitrogens with two attached hydrogens (primary N) is 1. The Morgan fingerprint density at radius 3 is 2.38 bits per heavy atom. The van der Waals surface area contributed by atoms with Crippen molar-refractivity contribution in [3.05, 3.63) is 38.7 Å². The summed E-state index contributed by atoms with van der Waals surface area (Å²) in [6, 6.07) is 2.52. The molecule has 0 fully saturated rings. The molecular formula is C10H6Cl4N4O2S. The maximum absolute atomic E-state index is 12.3. The van der Waals surface area contributed by atoms with Crippen LogP contribution in [0.4, 0.5) is 11.5 Å². The maximum atomic E-state index is 12.3. The molecule has 6 nitrogen and oxygen atoms in total. The van der Waals surface area contributed by atoms with Gasteiger partial charge in [-0.15, -0.1) is 0 Å². The second kappa shape index (κ2) is 6.02. The molecule has 0 unspecified atom stereocenters. The normalized spacial score (nSPS) is 11.4. The molecule has 0 spiro atoms. The average molecular weight is 388 g/mol. The van der Waals surface area contributed by atoms with Crippen LogP contribution in [0.5, 0.6) is 0 Å². The molecule has 2 rings (SSSR count). The Morgan fingerprint density at radius 2 is 1.71 bits per heavy atom. The van der Waals surface area contributed by atoms with Crippen LogP contribution in [0.2, 0.25) is 20.2 Å². The predicted octanol–water partition coefficient (Wildman–Crippen LogP) is 3.47. The molecule has 0 amide bonds. The van der Waals surface area contributed by atoms with E-state index in [1.807, 2.05) is 0 Å². The average Bonchev–Trinajstić information content (AvgIpc) is 2.41. The van der Waals surface area contributed by atoms with Crippen LogP contribution in [0.1, 0.15) is 0 Å². The summed E-state index contributed by atoms with van der Waals surface area (Å²) in [4.78, 5) is 7.04. The van der Waals surface area contributed by atoms with Gasteiger partial charge in [0.2, 0.25) is 0 Å². The van der Waals surface area contributed by atoms with Crippen LogP contribution in [0.25, 0.3) is 0 Å². The van der Waals surface area contributed by atoms with Crippen LogP contribution in [-0.4, -0.2) is 18.4 Å². The number of nitrogens with one attached hydrogen (secondary N) is 1. The van der Waals surface area contributed by atoms with Crippen molar-refractivity contribution < 1.29 is 8.42 Å². The Labute approximate surface area is 140 Å². The minimum Gasteiger partial charge on any atom is -0.396 e. The predicted molar refractivity (Wildman–Crippen MR) is 83.7 cm³/mol. The molecule has 2 aromatic rings. The molecule has 1 heterocycles. The van der Waals surface area contributed by atoms with E-state index in [0.717, 1.165) is 6.33 Å². The van der Waals surface area contributed by atoms with Gasteiger partial charge in [-0.2, -0.15) is 0 Å². The van der Waals surface area contributed by atoms with Gasteiger partial charge in [0.25, 0.3) is 10.0 Å². The first-order valence-electron chi connectivity index (χ1n) is 5.16. The van der Waals surface area contributed by atoms with E-state index in [0.29, 0.717) is 0 Å². The van der Waals surface area contributed by atoms with E-state index in [4.69, 9.17) is 52.1 Å². The molecule has 1 aromatic carbocycles. The van der Waals surface area contributed by atoms with Crippen LogP contribution >= 0.6 is 46.4 Å². The number of aromatic nitrogens is 2. The first-order valence-corrected chi connectivity index (χ1v) is 8.16. The van der Waals surface area contributed by atoms with Crippen molar-refractivity contribution in [3.63, 3.8) is 0 Å². The molecule has 0 atom stereocenters. The molecule has 11 heteroatoms. The second-order valence-electron chi connectivity index (χ2n) is 3.71.